The summed E-state index contributed by atoms with van der Waals surface area (Å²) in [6.07, 6.45) is 0. The van der Waals surface area contributed by atoms with Crippen LogP contribution in [0.4, 0.5) is 13.9 Å². The fourth-order valence-electron chi connectivity index (χ4n) is 1.27. The number of carbonyl (C=O) groups excluding carboxylic acids is 1. The van der Waals surface area contributed by atoms with Crippen LogP contribution in [-0.2, 0) is 0 Å². The van der Waals surface area contributed by atoms with Gasteiger partial charge in [0, 0.05) is 17.0 Å². The summed E-state index contributed by atoms with van der Waals surface area (Å²) in [4.78, 5) is 15.7. The van der Waals surface area contributed by atoms with Gasteiger partial charge in [0.1, 0.15) is 11.6 Å². The van der Waals surface area contributed by atoms with Crippen molar-refractivity contribution in [3.8, 4) is 0 Å². The SMILES string of the molecule is Cc1csc(NC(=O)c2cc(F)cc(F)c2)n1. The van der Waals surface area contributed by atoms with Gasteiger partial charge in [-0.25, -0.2) is 13.8 Å². The second-order valence-electron chi connectivity index (χ2n) is 3.41. The van der Waals surface area contributed by atoms with E-state index in [4.69, 9.17) is 0 Å². The Balaban J connectivity index is 2.19. The molecule has 0 aliphatic carbocycles. The van der Waals surface area contributed by atoms with Crippen LogP contribution in [0.2, 0.25) is 0 Å². The van der Waals surface area contributed by atoms with E-state index < -0.39 is 17.5 Å². The molecule has 1 aromatic carbocycles. The summed E-state index contributed by atoms with van der Waals surface area (Å²) in [6.45, 7) is 1.79. The van der Waals surface area contributed by atoms with Gasteiger partial charge >= 0.3 is 0 Å². The van der Waals surface area contributed by atoms with Gasteiger partial charge in [-0.15, -0.1) is 11.3 Å². The molecule has 3 nitrogen and oxygen atoms in total. The molecular formula is C11H8F2N2OS. The number of thiazole rings is 1. The lowest BCUT2D eigenvalue weighted by Crippen LogP contribution is -2.12. The first-order valence-electron chi connectivity index (χ1n) is 4.74. The van der Waals surface area contributed by atoms with Gasteiger partial charge in [-0.2, -0.15) is 0 Å². The molecule has 0 radical (unpaired) electrons. The number of nitrogens with zero attached hydrogens (tertiary/aromatic N) is 1. The van der Waals surface area contributed by atoms with Crippen LogP contribution in [0.15, 0.2) is 23.6 Å². The number of benzene rings is 1. The largest absolute Gasteiger partial charge is 0.298 e. The molecule has 17 heavy (non-hydrogen) atoms. The Bertz CT molecular complexity index is 548. The fourth-order valence-corrected chi connectivity index (χ4v) is 1.95. The van der Waals surface area contributed by atoms with Crippen molar-refractivity contribution in [1.82, 2.24) is 4.98 Å². The Morgan fingerprint density at radius 3 is 2.47 bits per heavy atom. The van der Waals surface area contributed by atoms with Gasteiger partial charge in [-0.05, 0) is 19.1 Å². The summed E-state index contributed by atoms with van der Waals surface area (Å²) < 4.78 is 25.8. The van der Waals surface area contributed by atoms with E-state index in [9.17, 15) is 13.6 Å². The number of aryl methyl sites for hydroxylation is 1. The average Bonchev–Trinajstić information content (AvgIpc) is 2.62. The molecule has 0 bridgehead atoms. The average molecular weight is 254 g/mol. The van der Waals surface area contributed by atoms with Crippen molar-refractivity contribution in [2.75, 3.05) is 5.32 Å². The summed E-state index contributed by atoms with van der Waals surface area (Å²) in [5.41, 5.74) is 0.700. The molecule has 2 aromatic rings. The lowest BCUT2D eigenvalue weighted by molar-refractivity contribution is 0.102. The van der Waals surface area contributed by atoms with Crippen molar-refractivity contribution in [3.63, 3.8) is 0 Å². The molecule has 0 unspecified atom stereocenters. The van der Waals surface area contributed by atoms with E-state index in [0.717, 1.165) is 17.8 Å². The number of hydrogen-bond acceptors (Lipinski definition) is 3. The highest BCUT2D eigenvalue weighted by Gasteiger charge is 2.10. The number of hydrogen-bond donors (Lipinski definition) is 1. The highest BCUT2D eigenvalue weighted by molar-refractivity contribution is 7.13. The van der Waals surface area contributed by atoms with Crippen LogP contribution < -0.4 is 5.32 Å². The molecule has 0 atom stereocenters. The van der Waals surface area contributed by atoms with Gasteiger partial charge in [0.15, 0.2) is 5.13 Å². The molecule has 1 heterocycles. The molecule has 1 aromatic heterocycles. The maximum Gasteiger partial charge on any atom is 0.257 e. The highest BCUT2D eigenvalue weighted by Crippen LogP contribution is 2.16. The van der Waals surface area contributed by atoms with Crippen molar-refractivity contribution in [3.05, 3.63) is 46.5 Å². The molecule has 0 aliphatic rings. The Kier molecular flexibility index (Phi) is 3.14. The van der Waals surface area contributed by atoms with Crippen LogP contribution in [0.1, 0.15) is 16.1 Å². The molecule has 0 spiro atoms. The van der Waals surface area contributed by atoms with E-state index in [1.165, 1.54) is 11.3 Å². The molecule has 2 rings (SSSR count). The Morgan fingerprint density at radius 1 is 1.29 bits per heavy atom. The van der Waals surface area contributed by atoms with Gasteiger partial charge in [-0.1, -0.05) is 0 Å². The predicted octanol–water partition coefficient (Wildman–Crippen LogP) is 2.98. The minimum Gasteiger partial charge on any atom is -0.298 e. The molecule has 0 aliphatic heterocycles. The third kappa shape index (κ3) is 2.85. The fraction of sp³-hybridized carbons (Fsp3) is 0.0909. The topological polar surface area (TPSA) is 42.0 Å². The maximum atomic E-state index is 12.9. The van der Waals surface area contributed by atoms with Crippen molar-refractivity contribution in [1.29, 1.82) is 0 Å². The zero-order valence-corrected chi connectivity index (χ0v) is 9.65. The van der Waals surface area contributed by atoms with E-state index in [1.807, 2.05) is 0 Å². The lowest BCUT2D eigenvalue weighted by Gasteiger charge is -2.02. The van der Waals surface area contributed by atoms with Gasteiger partial charge in [0.05, 0.1) is 5.69 Å². The van der Waals surface area contributed by atoms with Gasteiger partial charge in [0.25, 0.3) is 5.91 Å². The summed E-state index contributed by atoms with van der Waals surface area (Å²) in [5, 5.41) is 4.63. The monoisotopic (exact) mass is 254 g/mol. The zero-order valence-electron chi connectivity index (χ0n) is 8.83. The number of amides is 1. The van der Waals surface area contributed by atoms with Crippen molar-refractivity contribution < 1.29 is 13.6 Å². The van der Waals surface area contributed by atoms with Crippen LogP contribution in [0, 0.1) is 18.6 Å². The Morgan fingerprint density at radius 2 is 1.94 bits per heavy atom. The number of anilines is 1. The lowest BCUT2D eigenvalue weighted by atomic mass is 10.2. The predicted molar refractivity (Wildman–Crippen MR) is 61.2 cm³/mol. The third-order valence-corrected chi connectivity index (χ3v) is 2.84. The first-order valence-corrected chi connectivity index (χ1v) is 5.62. The summed E-state index contributed by atoms with van der Waals surface area (Å²) in [7, 11) is 0. The summed E-state index contributed by atoms with van der Waals surface area (Å²) >= 11 is 1.25. The quantitative estimate of drug-likeness (QED) is 0.895. The zero-order chi connectivity index (χ0) is 12.4. The number of carbonyl (C=O) groups is 1. The van der Waals surface area contributed by atoms with Crippen LogP contribution >= 0.6 is 11.3 Å². The van der Waals surface area contributed by atoms with Gasteiger partial charge in [-0.3, -0.25) is 10.1 Å². The van der Waals surface area contributed by atoms with Crippen molar-refractivity contribution in [2.45, 2.75) is 6.92 Å². The first kappa shape index (κ1) is 11.7. The Hall–Kier alpha value is -1.82. The third-order valence-electron chi connectivity index (χ3n) is 1.96. The number of halogens is 2. The van der Waals surface area contributed by atoms with Gasteiger partial charge < -0.3 is 0 Å². The van der Waals surface area contributed by atoms with E-state index in [1.54, 1.807) is 12.3 Å². The first-order chi connectivity index (χ1) is 8.04. The van der Waals surface area contributed by atoms with E-state index in [2.05, 4.69) is 10.3 Å². The summed E-state index contributed by atoms with van der Waals surface area (Å²) in [5.74, 6) is -2.16. The maximum absolute atomic E-state index is 12.9. The molecular weight excluding hydrogens is 246 g/mol. The minimum atomic E-state index is -0.787. The smallest absolute Gasteiger partial charge is 0.257 e. The molecule has 6 heteroatoms. The number of nitrogens with one attached hydrogen (secondary N) is 1. The molecule has 1 amide bonds. The molecule has 1 N–H and O–H groups in total. The van der Waals surface area contributed by atoms with Crippen molar-refractivity contribution >= 4 is 22.4 Å². The van der Waals surface area contributed by atoms with E-state index in [0.29, 0.717) is 11.2 Å². The molecule has 0 fully saturated rings. The van der Waals surface area contributed by atoms with Crippen LogP contribution in [0.25, 0.3) is 0 Å². The summed E-state index contributed by atoms with van der Waals surface area (Å²) in [6, 6.07) is 2.65. The number of aromatic nitrogens is 1. The van der Waals surface area contributed by atoms with Crippen molar-refractivity contribution in [2.24, 2.45) is 0 Å². The van der Waals surface area contributed by atoms with E-state index >= 15 is 0 Å². The van der Waals surface area contributed by atoms with Crippen LogP contribution in [0.5, 0.6) is 0 Å². The second-order valence-corrected chi connectivity index (χ2v) is 4.26. The standard InChI is InChI=1S/C11H8F2N2OS/c1-6-5-17-11(14-6)15-10(16)7-2-8(12)4-9(13)3-7/h2-5H,1H3,(H,14,15,16). The van der Waals surface area contributed by atoms with Crippen LogP contribution in [0.3, 0.4) is 0 Å². The van der Waals surface area contributed by atoms with Gasteiger partial charge in [0.2, 0.25) is 0 Å². The second kappa shape index (κ2) is 4.58. The highest BCUT2D eigenvalue weighted by atomic mass is 32.1. The number of rotatable bonds is 2. The molecule has 0 saturated heterocycles. The Labute approximate surface area is 100 Å². The minimum absolute atomic E-state index is 0.0737. The van der Waals surface area contributed by atoms with Crippen LogP contribution in [-0.4, -0.2) is 10.9 Å². The van der Waals surface area contributed by atoms with E-state index in [-0.39, 0.29) is 5.56 Å². The molecule has 88 valence electrons. The normalized spacial score (nSPS) is 10.3. The molecule has 0 saturated carbocycles.